The highest BCUT2D eigenvalue weighted by Crippen LogP contribution is 2.36. The third-order valence-corrected chi connectivity index (χ3v) is 7.21. The van der Waals surface area contributed by atoms with Crippen LogP contribution < -0.4 is 29.1 Å². The van der Waals surface area contributed by atoms with Crippen LogP contribution in [-0.4, -0.2) is 49.5 Å². The van der Waals surface area contributed by atoms with Crippen molar-refractivity contribution in [1.82, 2.24) is 4.57 Å². The number of benzene rings is 2. The number of carbonyl (C=O) groups is 2. The molecular formula is C31H34N2O8S. The zero-order valence-electron chi connectivity index (χ0n) is 24.5. The number of carbonyl (C=O) groups excluding carboxylic acids is 2. The third kappa shape index (κ3) is 6.57. The van der Waals surface area contributed by atoms with Crippen LogP contribution in [0.5, 0.6) is 17.2 Å². The molecule has 11 heteroatoms. The lowest BCUT2D eigenvalue weighted by Gasteiger charge is -2.26. The molecule has 0 N–H and O–H groups in total. The lowest BCUT2D eigenvalue weighted by molar-refractivity contribution is -0.143. The molecule has 0 fully saturated rings. The van der Waals surface area contributed by atoms with Gasteiger partial charge in [0.15, 0.2) is 22.9 Å². The maximum atomic E-state index is 14.0. The lowest BCUT2D eigenvalue weighted by atomic mass is 9.95. The van der Waals surface area contributed by atoms with Crippen molar-refractivity contribution in [2.45, 2.75) is 46.8 Å². The van der Waals surface area contributed by atoms with E-state index < -0.39 is 18.0 Å². The van der Waals surface area contributed by atoms with Crippen LogP contribution in [0.4, 0.5) is 0 Å². The van der Waals surface area contributed by atoms with Gasteiger partial charge in [-0.2, -0.15) is 0 Å². The molecule has 1 aliphatic heterocycles. The van der Waals surface area contributed by atoms with Crippen molar-refractivity contribution < 1.29 is 33.3 Å². The van der Waals surface area contributed by atoms with E-state index in [-0.39, 0.29) is 30.5 Å². The number of hydrogen-bond acceptors (Lipinski definition) is 10. The maximum Gasteiger partial charge on any atom is 0.343 e. The van der Waals surface area contributed by atoms with Gasteiger partial charge in [0.25, 0.3) is 5.56 Å². The molecule has 10 nitrogen and oxygen atoms in total. The molecule has 2 aromatic carbocycles. The van der Waals surface area contributed by atoms with Crippen molar-refractivity contribution in [2.75, 3.05) is 26.9 Å². The van der Waals surface area contributed by atoms with Crippen molar-refractivity contribution in [3.63, 3.8) is 0 Å². The van der Waals surface area contributed by atoms with E-state index in [1.165, 1.54) is 23.0 Å². The monoisotopic (exact) mass is 594 g/mol. The molecule has 1 atom stereocenters. The third-order valence-electron chi connectivity index (χ3n) is 6.23. The van der Waals surface area contributed by atoms with Crippen LogP contribution in [0.15, 0.2) is 63.5 Å². The zero-order chi connectivity index (χ0) is 30.4. The second kappa shape index (κ2) is 13.5. The fourth-order valence-electron chi connectivity index (χ4n) is 4.50. The Morgan fingerprint density at radius 3 is 2.50 bits per heavy atom. The van der Waals surface area contributed by atoms with E-state index in [1.54, 1.807) is 38.1 Å². The van der Waals surface area contributed by atoms with Gasteiger partial charge in [-0.25, -0.2) is 14.6 Å². The Hall–Kier alpha value is -4.38. The molecule has 0 bridgehead atoms. The highest BCUT2D eigenvalue weighted by molar-refractivity contribution is 7.07. The Morgan fingerprint density at radius 2 is 1.81 bits per heavy atom. The van der Waals surface area contributed by atoms with Gasteiger partial charge in [0.1, 0.15) is 11.8 Å². The largest absolute Gasteiger partial charge is 0.491 e. The van der Waals surface area contributed by atoms with Gasteiger partial charge >= 0.3 is 11.9 Å². The normalized spacial score (nSPS) is 14.7. The minimum Gasteiger partial charge on any atom is -0.491 e. The van der Waals surface area contributed by atoms with Gasteiger partial charge < -0.3 is 23.7 Å². The maximum absolute atomic E-state index is 14.0. The summed E-state index contributed by atoms with van der Waals surface area (Å²) < 4.78 is 29.3. The highest BCUT2D eigenvalue weighted by atomic mass is 32.1. The number of fused-ring (bicyclic) bond motifs is 1. The molecule has 42 heavy (non-hydrogen) atoms. The molecule has 0 unspecified atom stereocenters. The first-order chi connectivity index (χ1) is 20.2. The first kappa shape index (κ1) is 30.6. The van der Waals surface area contributed by atoms with Crippen LogP contribution in [0.25, 0.3) is 6.08 Å². The molecular weight excluding hydrogens is 560 g/mol. The molecule has 0 saturated heterocycles. The predicted octanol–water partition coefficient (Wildman–Crippen LogP) is 3.54. The van der Waals surface area contributed by atoms with Crippen molar-refractivity contribution in [3.05, 3.63) is 84.5 Å². The summed E-state index contributed by atoms with van der Waals surface area (Å²) in [6.45, 7) is 9.42. The molecule has 0 radical (unpaired) electrons. The fraction of sp³-hybridized carbons (Fsp3) is 0.355. The molecule has 222 valence electrons. The number of rotatable bonds is 11. The number of hydrogen-bond donors (Lipinski definition) is 0. The van der Waals surface area contributed by atoms with E-state index in [0.29, 0.717) is 50.0 Å². The molecule has 3 aromatic rings. The smallest absolute Gasteiger partial charge is 0.343 e. The van der Waals surface area contributed by atoms with E-state index in [2.05, 4.69) is 9.73 Å². The molecule has 1 aromatic heterocycles. The number of thiazole rings is 1. The summed E-state index contributed by atoms with van der Waals surface area (Å²) in [7, 11) is 1.28. The number of nitrogens with zero attached hydrogens (tertiary/aromatic N) is 2. The topological polar surface area (TPSA) is 115 Å². The highest BCUT2D eigenvalue weighted by Gasteiger charge is 2.35. The van der Waals surface area contributed by atoms with Crippen molar-refractivity contribution in [2.24, 2.45) is 4.99 Å². The fourth-order valence-corrected chi connectivity index (χ4v) is 5.55. The summed E-state index contributed by atoms with van der Waals surface area (Å²) in [5.74, 6) is 0.294. The summed E-state index contributed by atoms with van der Waals surface area (Å²) in [5.41, 5.74) is 1.76. The molecule has 0 aliphatic carbocycles. The summed E-state index contributed by atoms with van der Waals surface area (Å²) in [6, 6.07) is 11.7. The van der Waals surface area contributed by atoms with Crippen LogP contribution >= 0.6 is 11.3 Å². The van der Waals surface area contributed by atoms with E-state index in [4.69, 9.17) is 18.9 Å². The minimum atomic E-state index is -0.800. The first-order valence-corrected chi connectivity index (χ1v) is 14.4. The van der Waals surface area contributed by atoms with Gasteiger partial charge in [0.05, 0.1) is 42.2 Å². The van der Waals surface area contributed by atoms with E-state index in [9.17, 15) is 14.4 Å². The van der Waals surface area contributed by atoms with Gasteiger partial charge in [-0.15, -0.1) is 0 Å². The number of methoxy groups -OCH3 is 1. The Morgan fingerprint density at radius 1 is 1.05 bits per heavy atom. The average molecular weight is 595 g/mol. The van der Waals surface area contributed by atoms with Crippen LogP contribution in [-0.2, 0) is 19.1 Å². The van der Waals surface area contributed by atoms with Gasteiger partial charge in [0, 0.05) is 5.56 Å². The number of para-hydroxylation sites is 1. The van der Waals surface area contributed by atoms with Gasteiger partial charge in [-0.3, -0.25) is 9.36 Å². The van der Waals surface area contributed by atoms with Gasteiger partial charge in [-0.1, -0.05) is 35.6 Å². The van der Waals surface area contributed by atoms with Gasteiger partial charge in [-0.05, 0) is 64.5 Å². The van der Waals surface area contributed by atoms with Crippen LogP contribution in [0, 0.1) is 0 Å². The first-order valence-electron chi connectivity index (χ1n) is 13.6. The second-order valence-corrected chi connectivity index (χ2v) is 10.5. The molecule has 2 heterocycles. The molecule has 0 saturated carbocycles. The SMILES string of the molecule is CCOC(=O)C1=C(C)N=c2s/c(=C/c3ccc(OCC(=O)OC)c(OCC)c3)c(=O)n2[C@@H]1c1ccccc1OC(C)C. The zero-order valence-corrected chi connectivity index (χ0v) is 25.3. The Bertz CT molecular complexity index is 1690. The lowest BCUT2D eigenvalue weighted by Crippen LogP contribution is -2.40. The van der Waals surface area contributed by atoms with Crippen LogP contribution in [0.2, 0.25) is 0 Å². The van der Waals surface area contributed by atoms with E-state index in [0.717, 1.165) is 0 Å². The summed E-state index contributed by atoms with van der Waals surface area (Å²) in [4.78, 5) is 43.9. The van der Waals surface area contributed by atoms with Crippen molar-refractivity contribution in [1.29, 1.82) is 0 Å². The van der Waals surface area contributed by atoms with Crippen LogP contribution in [0.3, 0.4) is 0 Å². The number of aromatic nitrogens is 1. The summed E-state index contributed by atoms with van der Waals surface area (Å²) in [6.07, 6.45) is 1.60. The predicted molar refractivity (Wildman–Crippen MR) is 158 cm³/mol. The van der Waals surface area contributed by atoms with E-state index >= 15 is 0 Å². The minimum absolute atomic E-state index is 0.128. The second-order valence-electron chi connectivity index (χ2n) is 9.51. The average Bonchev–Trinajstić information content (AvgIpc) is 3.25. The van der Waals surface area contributed by atoms with E-state index in [1.807, 2.05) is 45.0 Å². The number of esters is 2. The Labute approximate surface area is 247 Å². The van der Waals surface area contributed by atoms with Crippen molar-refractivity contribution >= 4 is 29.4 Å². The number of allylic oxidation sites excluding steroid dienone is 1. The summed E-state index contributed by atoms with van der Waals surface area (Å²) >= 11 is 1.21. The Kier molecular flexibility index (Phi) is 9.84. The molecule has 1 aliphatic rings. The van der Waals surface area contributed by atoms with Gasteiger partial charge in [0.2, 0.25) is 0 Å². The number of ether oxygens (including phenoxy) is 5. The molecule has 0 spiro atoms. The quantitative estimate of drug-likeness (QED) is 0.310. The Balaban J connectivity index is 1.87. The van der Waals surface area contributed by atoms with Crippen LogP contribution in [0.1, 0.15) is 51.8 Å². The standard InChI is InChI=1S/C31H34N2O8S/c1-7-38-24-15-20(13-14-23(24)40-17-26(34)37-6)16-25-29(35)33-28(21-11-9-10-12-22(21)41-18(3)4)27(30(36)39-8-2)19(5)32-31(33)42-25/h9-16,18,28H,7-8,17H2,1-6H3/b25-16+/t28-/m1/s1. The molecule has 0 amide bonds. The molecule has 4 rings (SSSR count). The summed E-state index contributed by atoms with van der Waals surface area (Å²) in [5, 5.41) is 0. The van der Waals surface area contributed by atoms with Crippen molar-refractivity contribution in [3.8, 4) is 17.2 Å².